The molecule has 1 aromatic rings. The SMILES string of the molecule is Cc1ccc(Cl)c(CC2(N)CC2)c1. The van der Waals surface area contributed by atoms with Crippen LogP contribution >= 0.6 is 11.6 Å². The van der Waals surface area contributed by atoms with Gasteiger partial charge in [0.1, 0.15) is 0 Å². The standard InChI is InChI=1S/C11H14ClN/c1-8-2-3-10(12)9(6-8)7-11(13)4-5-11/h2-3,6H,4-5,7,13H2,1H3. The van der Waals surface area contributed by atoms with E-state index < -0.39 is 0 Å². The highest BCUT2D eigenvalue weighted by atomic mass is 35.5. The fourth-order valence-electron chi connectivity index (χ4n) is 1.56. The summed E-state index contributed by atoms with van der Waals surface area (Å²) in [5.74, 6) is 0. The zero-order valence-electron chi connectivity index (χ0n) is 7.81. The van der Waals surface area contributed by atoms with Gasteiger partial charge in [-0.15, -0.1) is 0 Å². The van der Waals surface area contributed by atoms with Crippen molar-refractivity contribution in [2.45, 2.75) is 31.7 Å². The summed E-state index contributed by atoms with van der Waals surface area (Å²) in [7, 11) is 0. The summed E-state index contributed by atoms with van der Waals surface area (Å²) in [5, 5.41) is 0.849. The van der Waals surface area contributed by atoms with E-state index in [1.54, 1.807) is 0 Å². The average Bonchev–Trinajstić information content (AvgIpc) is 2.76. The Kier molecular flexibility index (Phi) is 2.09. The van der Waals surface area contributed by atoms with Crippen LogP contribution in [0.3, 0.4) is 0 Å². The monoisotopic (exact) mass is 195 g/mol. The van der Waals surface area contributed by atoms with E-state index in [1.165, 1.54) is 11.1 Å². The van der Waals surface area contributed by atoms with Gasteiger partial charge in [0, 0.05) is 10.6 Å². The van der Waals surface area contributed by atoms with Crippen LogP contribution < -0.4 is 5.73 Å². The molecule has 1 aliphatic rings. The van der Waals surface area contributed by atoms with Crippen molar-refractivity contribution in [1.82, 2.24) is 0 Å². The molecule has 2 rings (SSSR count). The van der Waals surface area contributed by atoms with E-state index in [0.29, 0.717) is 0 Å². The molecule has 1 nitrogen and oxygen atoms in total. The predicted molar refractivity (Wildman–Crippen MR) is 56.0 cm³/mol. The molecule has 0 aromatic heterocycles. The second-order valence-electron chi connectivity index (χ2n) is 4.13. The molecule has 0 atom stereocenters. The minimum absolute atomic E-state index is 0.0530. The third kappa shape index (κ3) is 2.04. The maximum atomic E-state index is 6.07. The lowest BCUT2D eigenvalue weighted by atomic mass is 10.0. The highest BCUT2D eigenvalue weighted by Crippen LogP contribution is 2.37. The van der Waals surface area contributed by atoms with Crippen molar-refractivity contribution in [3.63, 3.8) is 0 Å². The Labute approximate surface area is 83.9 Å². The number of nitrogens with two attached hydrogens (primary N) is 1. The number of aryl methyl sites for hydroxylation is 1. The van der Waals surface area contributed by atoms with Crippen molar-refractivity contribution in [2.24, 2.45) is 5.73 Å². The van der Waals surface area contributed by atoms with Crippen LogP contribution in [-0.2, 0) is 6.42 Å². The first-order valence-corrected chi connectivity index (χ1v) is 5.01. The lowest BCUT2D eigenvalue weighted by molar-refractivity contribution is 0.672. The zero-order valence-corrected chi connectivity index (χ0v) is 8.56. The lowest BCUT2D eigenvalue weighted by Gasteiger charge is -2.10. The summed E-state index contributed by atoms with van der Waals surface area (Å²) in [6.45, 7) is 2.08. The number of halogens is 1. The Morgan fingerprint density at radius 3 is 2.77 bits per heavy atom. The molecule has 1 saturated carbocycles. The Morgan fingerprint density at radius 2 is 2.15 bits per heavy atom. The van der Waals surface area contributed by atoms with Gasteiger partial charge in [-0.05, 0) is 37.8 Å². The lowest BCUT2D eigenvalue weighted by Crippen LogP contribution is -2.24. The molecule has 13 heavy (non-hydrogen) atoms. The summed E-state index contributed by atoms with van der Waals surface area (Å²) in [6, 6.07) is 6.12. The third-order valence-corrected chi connectivity index (χ3v) is 3.00. The van der Waals surface area contributed by atoms with E-state index in [0.717, 1.165) is 24.3 Å². The molecule has 0 amide bonds. The molecule has 1 aromatic carbocycles. The van der Waals surface area contributed by atoms with Crippen molar-refractivity contribution in [3.05, 3.63) is 34.3 Å². The first kappa shape index (κ1) is 9.04. The topological polar surface area (TPSA) is 26.0 Å². The first-order chi connectivity index (χ1) is 6.09. The van der Waals surface area contributed by atoms with Crippen molar-refractivity contribution in [3.8, 4) is 0 Å². The van der Waals surface area contributed by atoms with Gasteiger partial charge in [-0.1, -0.05) is 29.3 Å². The molecule has 1 aliphatic carbocycles. The van der Waals surface area contributed by atoms with Gasteiger partial charge < -0.3 is 5.73 Å². The Bertz CT molecular complexity index is 329. The van der Waals surface area contributed by atoms with Crippen molar-refractivity contribution in [1.29, 1.82) is 0 Å². The molecular weight excluding hydrogens is 182 g/mol. The Hall–Kier alpha value is -0.530. The number of hydrogen-bond donors (Lipinski definition) is 1. The zero-order chi connectivity index (χ0) is 9.47. The number of benzene rings is 1. The van der Waals surface area contributed by atoms with Crippen LogP contribution in [0.1, 0.15) is 24.0 Å². The second-order valence-corrected chi connectivity index (χ2v) is 4.54. The van der Waals surface area contributed by atoms with Gasteiger partial charge in [-0.25, -0.2) is 0 Å². The van der Waals surface area contributed by atoms with Crippen molar-refractivity contribution >= 4 is 11.6 Å². The summed E-state index contributed by atoms with van der Waals surface area (Å²) in [4.78, 5) is 0. The fraction of sp³-hybridized carbons (Fsp3) is 0.455. The van der Waals surface area contributed by atoms with Crippen LogP contribution in [0, 0.1) is 6.92 Å². The maximum Gasteiger partial charge on any atom is 0.0438 e. The van der Waals surface area contributed by atoms with Gasteiger partial charge in [-0.2, -0.15) is 0 Å². The van der Waals surface area contributed by atoms with Gasteiger partial charge in [0.15, 0.2) is 0 Å². The van der Waals surface area contributed by atoms with Crippen LogP contribution in [-0.4, -0.2) is 5.54 Å². The molecule has 0 radical (unpaired) electrons. The molecule has 0 saturated heterocycles. The van der Waals surface area contributed by atoms with Crippen LogP contribution in [0.2, 0.25) is 5.02 Å². The summed E-state index contributed by atoms with van der Waals surface area (Å²) in [6.07, 6.45) is 3.20. The average molecular weight is 196 g/mol. The number of rotatable bonds is 2. The fourth-order valence-corrected chi connectivity index (χ4v) is 1.74. The summed E-state index contributed by atoms with van der Waals surface area (Å²) in [5.41, 5.74) is 8.54. The molecule has 2 heteroatoms. The molecule has 70 valence electrons. The third-order valence-electron chi connectivity index (χ3n) is 2.64. The van der Waals surface area contributed by atoms with E-state index in [1.807, 2.05) is 12.1 Å². The minimum atomic E-state index is 0.0530. The molecule has 0 unspecified atom stereocenters. The molecule has 0 aliphatic heterocycles. The smallest absolute Gasteiger partial charge is 0.0438 e. The van der Waals surface area contributed by atoms with Crippen LogP contribution in [0.25, 0.3) is 0 Å². The van der Waals surface area contributed by atoms with E-state index in [9.17, 15) is 0 Å². The molecule has 0 bridgehead atoms. The Balaban J connectivity index is 2.23. The van der Waals surface area contributed by atoms with Crippen LogP contribution in [0.5, 0.6) is 0 Å². The van der Waals surface area contributed by atoms with E-state index >= 15 is 0 Å². The normalized spacial score (nSPS) is 18.7. The highest BCUT2D eigenvalue weighted by Gasteiger charge is 2.38. The first-order valence-electron chi connectivity index (χ1n) is 4.63. The van der Waals surface area contributed by atoms with E-state index in [-0.39, 0.29) is 5.54 Å². The minimum Gasteiger partial charge on any atom is -0.325 e. The summed E-state index contributed by atoms with van der Waals surface area (Å²) >= 11 is 6.07. The van der Waals surface area contributed by atoms with Crippen molar-refractivity contribution < 1.29 is 0 Å². The second kappa shape index (κ2) is 3.00. The number of hydrogen-bond acceptors (Lipinski definition) is 1. The van der Waals surface area contributed by atoms with Gasteiger partial charge >= 0.3 is 0 Å². The Morgan fingerprint density at radius 1 is 1.46 bits per heavy atom. The largest absolute Gasteiger partial charge is 0.325 e. The molecule has 2 N–H and O–H groups in total. The van der Waals surface area contributed by atoms with Gasteiger partial charge in [0.25, 0.3) is 0 Å². The van der Waals surface area contributed by atoms with E-state index in [2.05, 4.69) is 13.0 Å². The van der Waals surface area contributed by atoms with E-state index in [4.69, 9.17) is 17.3 Å². The predicted octanol–water partition coefficient (Wildman–Crippen LogP) is 2.68. The molecule has 0 spiro atoms. The van der Waals surface area contributed by atoms with Crippen LogP contribution in [0.15, 0.2) is 18.2 Å². The molecule has 0 heterocycles. The van der Waals surface area contributed by atoms with Crippen LogP contribution in [0.4, 0.5) is 0 Å². The highest BCUT2D eigenvalue weighted by molar-refractivity contribution is 6.31. The molecular formula is C11H14ClN. The molecule has 1 fully saturated rings. The van der Waals surface area contributed by atoms with Gasteiger partial charge in [-0.3, -0.25) is 0 Å². The van der Waals surface area contributed by atoms with Crippen molar-refractivity contribution in [2.75, 3.05) is 0 Å². The maximum absolute atomic E-state index is 6.07. The van der Waals surface area contributed by atoms with Gasteiger partial charge in [0.05, 0.1) is 0 Å². The quantitative estimate of drug-likeness (QED) is 0.772. The van der Waals surface area contributed by atoms with Gasteiger partial charge in [0.2, 0.25) is 0 Å². The summed E-state index contributed by atoms with van der Waals surface area (Å²) < 4.78 is 0.